The molecule has 3 heterocycles. The smallest absolute Gasteiger partial charge is 0.234 e. The number of hydrogen-bond acceptors (Lipinski definition) is 8. The zero-order chi connectivity index (χ0) is 20.4. The maximum absolute atomic E-state index is 12.3. The number of thioether (sulfide) groups is 1. The predicted octanol–water partition coefficient (Wildman–Crippen LogP) is 3.39. The van der Waals surface area contributed by atoms with E-state index < -0.39 is 0 Å². The third-order valence-corrected chi connectivity index (χ3v) is 6.64. The van der Waals surface area contributed by atoms with Gasteiger partial charge in [-0.05, 0) is 50.2 Å². The van der Waals surface area contributed by atoms with Crippen molar-refractivity contribution >= 4 is 50.7 Å². The molecule has 0 atom stereocenters. The fourth-order valence-corrected chi connectivity index (χ4v) is 5.34. The lowest BCUT2D eigenvalue weighted by Gasteiger charge is -2.22. The number of carbonyl (C=O) groups excluding carboxylic acids is 1. The average Bonchev–Trinajstić information content (AvgIpc) is 3.06. The number of ether oxygens (including phenoxy) is 1. The first-order valence-electron chi connectivity index (χ1n) is 9.45. The summed E-state index contributed by atoms with van der Waals surface area (Å²) < 4.78 is 5.41. The third kappa shape index (κ3) is 4.47. The fraction of sp³-hybridized carbons (Fsp3) is 0.350. The summed E-state index contributed by atoms with van der Waals surface area (Å²) in [7, 11) is 2.12. The van der Waals surface area contributed by atoms with Crippen molar-refractivity contribution in [1.82, 2.24) is 14.9 Å². The summed E-state index contributed by atoms with van der Waals surface area (Å²) >= 11 is 2.97. The molecule has 29 heavy (non-hydrogen) atoms. The molecule has 4 rings (SSSR count). The van der Waals surface area contributed by atoms with Crippen LogP contribution in [0.25, 0.3) is 10.2 Å². The van der Waals surface area contributed by atoms with Crippen molar-refractivity contribution in [3.8, 4) is 5.75 Å². The third-order valence-electron chi connectivity index (χ3n) is 4.68. The molecule has 7 nitrogen and oxygen atoms in total. The van der Waals surface area contributed by atoms with Crippen LogP contribution in [0.2, 0.25) is 0 Å². The van der Waals surface area contributed by atoms with Gasteiger partial charge in [-0.2, -0.15) is 0 Å². The molecule has 2 aromatic heterocycles. The number of thiophene rings is 1. The van der Waals surface area contributed by atoms with Gasteiger partial charge in [0.15, 0.2) is 5.16 Å². The number of aromatic nitrogens is 2. The van der Waals surface area contributed by atoms with Gasteiger partial charge in [-0.1, -0.05) is 11.8 Å². The number of nitrogen functional groups attached to an aromatic ring is 1. The Labute approximate surface area is 177 Å². The molecule has 0 unspecified atom stereocenters. The van der Waals surface area contributed by atoms with E-state index in [1.165, 1.54) is 22.2 Å². The van der Waals surface area contributed by atoms with Crippen molar-refractivity contribution in [2.24, 2.45) is 0 Å². The van der Waals surface area contributed by atoms with E-state index in [4.69, 9.17) is 10.5 Å². The second-order valence-corrected chi connectivity index (χ2v) is 8.88. The van der Waals surface area contributed by atoms with Crippen molar-refractivity contribution in [3.05, 3.63) is 34.7 Å². The number of fused-ring (bicyclic) bond motifs is 3. The van der Waals surface area contributed by atoms with Crippen molar-refractivity contribution in [1.29, 1.82) is 0 Å². The van der Waals surface area contributed by atoms with E-state index in [1.807, 2.05) is 31.2 Å². The van der Waals surface area contributed by atoms with Crippen LogP contribution < -0.4 is 15.8 Å². The minimum atomic E-state index is -0.117. The Morgan fingerprint density at radius 3 is 2.90 bits per heavy atom. The highest BCUT2D eigenvalue weighted by Crippen LogP contribution is 2.37. The zero-order valence-electron chi connectivity index (χ0n) is 16.4. The maximum Gasteiger partial charge on any atom is 0.234 e. The number of amides is 1. The molecule has 0 fully saturated rings. The van der Waals surface area contributed by atoms with Crippen LogP contribution in [-0.4, -0.2) is 46.7 Å². The first-order valence-corrected chi connectivity index (χ1v) is 11.3. The summed E-state index contributed by atoms with van der Waals surface area (Å²) in [6.45, 7) is 4.48. The van der Waals surface area contributed by atoms with Crippen LogP contribution in [-0.2, 0) is 17.8 Å². The molecule has 1 aliphatic rings. The summed E-state index contributed by atoms with van der Waals surface area (Å²) in [5.41, 5.74) is 8.25. The van der Waals surface area contributed by atoms with E-state index in [0.29, 0.717) is 17.6 Å². The van der Waals surface area contributed by atoms with E-state index in [2.05, 4.69) is 27.2 Å². The van der Waals surface area contributed by atoms with E-state index in [0.717, 1.165) is 41.2 Å². The zero-order valence-corrected chi connectivity index (χ0v) is 18.0. The van der Waals surface area contributed by atoms with Gasteiger partial charge >= 0.3 is 0 Å². The Bertz CT molecular complexity index is 1040. The Morgan fingerprint density at radius 2 is 2.14 bits per heavy atom. The van der Waals surface area contributed by atoms with E-state index >= 15 is 0 Å². The summed E-state index contributed by atoms with van der Waals surface area (Å²) in [5, 5.41) is 4.39. The van der Waals surface area contributed by atoms with Gasteiger partial charge in [0, 0.05) is 23.7 Å². The summed E-state index contributed by atoms with van der Waals surface area (Å²) in [4.78, 5) is 25.9. The molecular weight excluding hydrogens is 406 g/mol. The fourth-order valence-electron chi connectivity index (χ4n) is 3.32. The molecule has 3 aromatic rings. The number of nitrogens with zero attached hydrogens (tertiary/aromatic N) is 3. The van der Waals surface area contributed by atoms with Crippen molar-refractivity contribution in [2.45, 2.75) is 25.0 Å². The van der Waals surface area contributed by atoms with Gasteiger partial charge in [0.2, 0.25) is 5.91 Å². The maximum atomic E-state index is 12.3. The van der Waals surface area contributed by atoms with Gasteiger partial charge in [-0.15, -0.1) is 11.3 Å². The molecular formula is C20H23N5O2S2. The van der Waals surface area contributed by atoms with Crippen molar-refractivity contribution < 1.29 is 9.53 Å². The van der Waals surface area contributed by atoms with E-state index in [-0.39, 0.29) is 11.7 Å². The van der Waals surface area contributed by atoms with Crippen LogP contribution in [0.3, 0.4) is 0 Å². The number of carbonyl (C=O) groups is 1. The van der Waals surface area contributed by atoms with Gasteiger partial charge in [-0.3, -0.25) is 4.79 Å². The monoisotopic (exact) mass is 429 g/mol. The predicted molar refractivity (Wildman–Crippen MR) is 119 cm³/mol. The Kier molecular flexibility index (Phi) is 5.89. The van der Waals surface area contributed by atoms with Gasteiger partial charge in [0.05, 0.1) is 17.7 Å². The molecule has 0 bridgehead atoms. The van der Waals surface area contributed by atoms with Gasteiger partial charge in [0.1, 0.15) is 16.4 Å². The minimum Gasteiger partial charge on any atom is -0.494 e. The van der Waals surface area contributed by atoms with Crippen LogP contribution in [0.5, 0.6) is 5.75 Å². The molecule has 0 saturated heterocycles. The van der Waals surface area contributed by atoms with Crippen molar-refractivity contribution in [3.63, 3.8) is 0 Å². The Morgan fingerprint density at radius 1 is 1.34 bits per heavy atom. The lowest BCUT2D eigenvalue weighted by Crippen LogP contribution is -2.25. The molecule has 152 valence electrons. The Balaban J connectivity index is 1.42. The van der Waals surface area contributed by atoms with Crippen LogP contribution in [0.15, 0.2) is 29.4 Å². The first-order chi connectivity index (χ1) is 14.0. The highest BCUT2D eigenvalue weighted by molar-refractivity contribution is 7.99. The molecule has 1 aromatic carbocycles. The molecule has 3 N–H and O–H groups in total. The van der Waals surface area contributed by atoms with Gasteiger partial charge in [0.25, 0.3) is 0 Å². The lowest BCUT2D eigenvalue weighted by atomic mass is 10.1. The molecule has 0 spiro atoms. The standard InChI is InChI=1S/C20H23N5O2S2/c1-3-27-13-6-4-12(5-7-13)22-16(26)11-28-20-23-18(21)17-14-8-9-25(2)10-15(14)29-19(17)24-20/h4-7H,3,8-11H2,1-2H3,(H,22,26)(H2,21,23,24). The molecule has 9 heteroatoms. The molecule has 1 amide bonds. The van der Waals surface area contributed by atoms with Crippen LogP contribution in [0.4, 0.5) is 11.5 Å². The normalized spacial score (nSPS) is 14.0. The van der Waals surface area contributed by atoms with Gasteiger partial charge in [-0.25, -0.2) is 9.97 Å². The Hall–Kier alpha value is -2.36. The molecule has 1 aliphatic heterocycles. The second kappa shape index (κ2) is 8.56. The van der Waals surface area contributed by atoms with Gasteiger partial charge < -0.3 is 20.7 Å². The summed E-state index contributed by atoms with van der Waals surface area (Å²) in [6, 6.07) is 7.31. The molecule has 0 radical (unpaired) electrons. The second-order valence-electron chi connectivity index (χ2n) is 6.86. The number of anilines is 2. The highest BCUT2D eigenvalue weighted by Gasteiger charge is 2.22. The lowest BCUT2D eigenvalue weighted by molar-refractivity contribution is -0.113. The quantitative estimate of drug-likeness (QED) is 0.458. The largest absolute Gasteiger partial charge is 0.494 e. The number of hydrogen-bond donors (Lipinski definition) is 2. The SMILES string of the molecule is CCOc1ccc(NC(=O)CSc2nc(N)c3c4c(sc3n2)CN(C)CC4)cc1. The topological polar surface area (TPSA) is 93.4 Å². The van der Waals surface area contributed by atoms with E-state index in [9.17, 15) is 4.79 Å². The summed E-state index contributed by atoms with van der Waals surface area (Å²) in [6.07, 6.45) is 0.969. The van der Waals surface area contributed by atoms with Crippen molar-refractivity contribution in [2.75, 3.05) is 37.0 Å². The number of benzene rings is 1. The number of nitrogens with two attached hydrogens (primary N) is 1. The number of likely N-dealkylation sites (N-methyl/N-ethyl adjacent to an activating group) is 1. The van der Waals surface area contributed by atoms with E-state index in [1.54, 1.807) is 11.3 Å². The average molecular weight is 430 g/mol. The van der Waals surface area contributed by atoms with Crippen LogP contribution in [0, 0.1) is 0 Å². The highest BCUT2D eigenvalue weighted by atomic mass is 32.2. The number of rotatable bonds is 6. The molecule has 0 saturated carbocycles. The molecule has 0 aliphatic carbocycles. The number of nitrogens with one attached hydrogen (secondary N) is 1. The first kappa shape index (κ1) is 19.9. The summed E-state index contributed by atoms with van der Waals surface area (Å²) in [5.74, 6) is 1.38. The van der Waals surface area contributed by atoms with Crippen LogP contribution in [0.1, 0.15) is 17.4 Å². The van der Waals surface area contributed by atoms with Crippen LogP contribution >= 0.6 is 23.1 Å². The minimum absolute atomic E-state index is 0.117.